The van der Waals surface area contributed by atoms with Crippen molar-refractivity contribution >= 4 is 0 Å². The van der Waals surface area contributed by atoms with Gasteiger partial charge in [-0.3, -0.25) is 4.98 Å². The monoisotopic (exact) mass is 273 g/mol. The zero-order chi connectivity index (χ0) is 14.4. The largest absolute Gasteiger partial charge is 0.389 e. The molecule has 1 unspecified atom stereocenters. The maximum absolute atomic E-state index is 11.2. The summed E-state index contributed by atoms with van der Waals surface area (Å²) in [7, 11) is 0. The summed E-state index contributed by atoms with van der Waals surface area (Å²) in [4.78, 5) is 4.57. The molecule has 2 aliphatic carbocycles. The van der Waals surface area contributed by atoms with E-state index >= 15 is 0 Å². The molecule has 0 aliphatic heterocycles. The van der Waals surface area contributed by atoms with Crippen molar-refractivity contribution in [2.24, 2.45) is 11.3 Å². The Hall–Kier alpha value is -0.890. The van der Waals surface area contributed by atoms with Crippen molar-refractivity contribution in [2.45, 2.75) is 70.8 Å². The average Bonchev–Trinajstić information content (AvgIpc) is 2.82. The fourth-order valence-electron chi connectivity index (χ4n) is 4.27. The minimum absolute atomic E-state index is 0.264. The number of hydrogen-bond donors (Lipinski definition) is 1. The Kier molecular flexibility index (Phi) is 3.40. The van der Waals surface area contributed by atoms with E-state index in [4.69, 9.17) is 0 Å². The van der Waals surface area contributed by atoms with Gasteiger partial charge < -0.3 is 5.11 Å². The summed E-state index contributed by atoms with van der Waals surface area (Å²) in [6, 6.07) is 4.19. The fraction of sp³-hybridized carbons (Fsp3) is 0.722. The van der Waals surface area contributed by atoms with Crippen molar-refractivity contribution in [3.05, 3.63) is 29.6 Å². The first-order valence-corrected chi connectivity index (χ1v) is 8.06. The SMILES string of the molecule is CC(C)(C)C1CCC(O)(C2CCc3cccnc32)CC1. The van der Waals surface area contributed by atoms with Crippen LogP contribution in [0.5, 0.6) is 0 Å². The second kappa shape index (κ2) is 4.84. The zero-order valence-corrected chi connectivity index (χ0v) is 13.0. The third kappa shape index (κ3) is 2.39. The number of nitrogens with zero attached hydrogens (tertiary/aromatic N) is 1. The first-order chi connectivity index (χ1) is 9.40. The van der Waals surface area contributed by atoms with Crippen molar-refractivity contribution in [1.29, 1.82) is 0 Å². The molecule has 20 heavy (non-hydrogen) atoms. The van der Waals surface area contributed by atoms with Gasteiger partial charge in [-0.2, -0.15) is 0 Å². The highest BCUT2D eigenvalue weighted by molar-refractivity contribution is 5.31. The second-order valence-corrected chi connectivity index (χ2v) is 7.88. The highest BCUT2D eigenvalue weighted by Crippen LogP contribution is 2.49. The summed E-state index contributed by atoms with van der Waals surface area (Å²) in [5.41, 5.74) is 2.38. The van der Waals surface area contributed by atoms with Crippen LogP contribution in [-0.4, -0.2) is 15.7 Å². The van der Waals surface area contributed by atoms with E-state index in [2.05, 4.69) is 31.8 Å². The van der Waals surface area contributed by atoms with Crippen molar-refractivity contribution in [3.8, 4) is 0 Å². The van der Waals surface area contributed by atoms with Crippen LogP contribution in [0.25, 0.3) is 0 Å². The number of hydrogen-bond acceptors (Lipinski definition) is 2. The van der Waals surface area contributed by atoms with Crippen LogP contribution in [0.2, 0.25) is 0 Å². The lowest BCUT2D eigenvalue weighted by Gasteiger charge is -2.44. The van der Waals surface area contributed by atoms with Crippen LogP contribution in [0, 0.1) is 11.3 Å². The van der Waals surface area contributed by atoms with Crippen molar-refractivity contribution in [3.63, 3.8) is 0 Å². The number of fused-ring (bicyclic) bond motifs is 1. The topological polar surface area (TPSA) is 33.1 Å². The van der Waals surface area contributed by atoms with Gasteiger partial charge in [0.15, 0.2) is 0 Å². The summed E-state index contributed by atoms with van der Waals surface area (Å²) in [6.45, 7) is 6.98. The Labute approximate surface area is 122 Å². The highest BCUT2D eigenvalue weighted by atomic mass is 16.3. The van der Waals surface area contributed by atoms with Gasteiger partial charge in [-0.25, -0.2) is 0 Å². The molecule has 0 aromatic carbocycles. The van der Waals surface area contributed by atoms with E-state index < -0.39 is 5.60 Å². The van der Waals surface area contributed by atoms with E-state index in [1.165, 1.54) is 11.3 Å². The van der Waals surface area contributed by atoms with Crippen LogP contribution < -0.4 is 0 Å². The van der Waals surface area contributed by atoms with Crippen LogP contribution in [0.4, 0.5) is 0 Å². The minimum Gasteiger partial charge on any atom is -0.389 e. The molecule has 3 rings (SSSR count). The van der Waals surface area contributed by atoms with Crippen LogP contribution in [0.15, 0.2) is 18.3 Å². The van der Waals surface area contributed by atoms with Gasteiger partial charge in [-0.15, -0.1) is 0 Å². The van der Waals surface area contributed by atoms with Crippen LogP contribution in [0.1, 0.15) is 70.1 Å². The normalized spacial score (nSPS) is 34.0. The zero-order valence-electron chi connectivity index (χ0n) is 13.0. The van der Waals surface area contributed by atoms with Gasteiger partial charge in [0.25, 0.3) is 0 Å². The Morgan fingerprint density at radius 3 is 2.55 bits per heavy atom. The van der Waals surface area contributed by atoms with Gasteiger partial charge in [-0.1, -0.05) is 26.8 Å². The highest BCUT2D eigenvalue weighted by Gasteiger charge is 2.45. The lowest BCUT2D eigenvalue weighted by Crippen LogP contribution is -2.41. The lowest BCUT2D eigenvalue weighted by molar-refractivity contribution is -0.0467. The van der Waals surface area contributed by atoms with Crippen LogP contribution in [0.3, 0.4) is 0 Å². The molecule has 110 valence electrons. The molecular weight excluding hydrogens is 246 g/mol. The Morgan fingerprint density at radius 1 is 1.20 bits per heavy atom. The molecule has 2 nitrogen and oxygen atoms in total. The molecule has 1 heterocycles. The van der Waals surface area contributed by atoms with E-state index in [0.29, 0.717) is 5.41 Å². The third-order valence-corrected chi connectivity index (χ3v) is 5.68. The van der Waals surface area contributed by atoms with Crippen LogP contribution >= 0.6 is 0 Å². The van der Waals surface area contributed by atoms with E-state index in [1.807, 2.05) is 12.3 Å². The standard InChI is InChI=1S/C18H27NO/c1-17(2,3)14-8-10-18(20,11-9-14)15-7-6-13-5-4-12-19-16(13)15/h4-5,12,14-15,20H,6-11H2,1-3H3. The van der Waals surface area contributed by atoms with Gasteiger partial charge in [-0.05, 0) is 61.5 Å². The van der Waals surface area contributed by atoms with Gasteiger partial charge >= 0.3 is 0 Å². The molecule has 1 N–H and O–H groups in total. The van der Waals surface area contributed by atoms with E-state index in [-0.39, 0.29) is 5.92 Å². The molecule has 0 saturated heterocycles. The smallest absolute Gasteiger partial charge is 0.0731 e. The molecular formula is C18H27NO. The number of aliphatic hydroxyl groups is 1. The molecule has 1 aromatic heterocycles. The van der Waals surface area contributed by atoms with Crippen LogP contribution in [-0.2, 0) is 6.42 Å². The summed E-state index contributed by atoms with van der Waals surface area (Å²) < 4.78 is 0. The number of pyridine rings is 1. The molecule has 1 fully saturated rings. The Bertz CT molecular complexity index is 480. The van der Waals surface area contributed by atoms with E-state index in [1.54, 1.807) is 0 Å². The van der Waals surface area contributed by atoms with Gasteiger partial charge in [0.05, 0.1) is 5.60 Å². The van der Waals surface area contributed by atoms with Crippen molar-refractivity contribution in [2.75, 3.05) is 0 Å². The Morgan fingerprint density at radius 2 is 1.90 bits per heavy atom. The molecule has 2 aliphatic rings. The molecule has 2 heteroatoms. The second-order valence-electron chi connectivity index (χ2n) is 7.88. The molecule has 0 spiro atoms. The summed E-state index contributed by atoms with van der Waals surface area (Å²) >= 11 is 0. The lowest BCUT2D eigenvalue weighted by atomic mass is 9.65. The molecule has 1 atom stereocenters. The number of aryl methyl sites for hydroxylation is 1. The van der Waals surface area contributed by atoms with E-state index in [9.17, 15) is 5.11 Å². The predicted molar refractivity (Wildman–Crippen MR) is 81.7 cm³/mol. The van der Waals surface area contributed by atoms with Gasteiger partial charge in [0.1, 0.15) is 0 Å². The molecule has 0 bridgehead atoms. The third-order valence-electron chi connectivity index (χ3n) is 5.68. The van der Waals surface area contributed by atoms with Crippen molar-refractivity contribution < 1.29 is 5.11 Å². The summed E-state index contributed by atoms with van der Waals surface area (Å²) in [5.74, 6) is 1.01. The molecule has 0 amide bonds. The molecule has 1 saturated carbocycles. The molecule has 0 radical (unpaired) electrons. The summed E-state index contributed by atoms with van der Waals surface area (Å²) in [6.07, 6.45) is 8.21. The maximum Gasteiger partial charge on any atom is 0.0731 e. The Balaban J connectivity index is 1.76. The average molecular weight is 273 g/mol. The van der Waals surface area contributed by atoms with Crippen molar-refractivity contribution in [1.82, 2.24) is 4.98 Å². The first-order valence-electron chi connectivity index (χ1n) is 8.06. The van der Waals surface area contributed by atoms with E-state index in [0.717, 1.165) is 44.4 Å². The minimum atomic E-state index is -0.513. The van der Waals surface area contributed by atoms with Gasteiger partial charge in [0.2, 0.25) is 0 Å². The first kappa shape index (κ1) is 14.1. The maximum atomic E-state index is 11.2. The summed E-state index contributed by atoms with van der Waals surface area (Å²) in [5, 5.41) is 11.2. The quantitative estimate of drug-likeness (QED) is 0.836. The number of rotatable bonds is 1. The fourth-order valence-corrected chi connectivity index (χ4v) is 4.27. The predicted octanol–water partition coefficient (Wildman–Crippen LogP) is 4.08. The van der Waals surface area contributed by atoms with Gasteiger partial charge in [0, 0.05) is 17.8 Å². The number of aromatic nitrogens is 1. The molecule has 1 aromatic rings.